The van der Waals surface area contributed by atoms with Gasteiger partial charge in [-0.3, -0.25) is 4.79 Å². The molecule has 1 amide bonds. The lowest BCUT2D eigenvalue weighted by Crippen LogP contribution is -2.33. The zero-order valence-corrected chi connectivity index (χ0v) is 14.8. The molecule has 1 aliphatic rings. The topological polar surface area (TPSA) is 42.0 Å². The molecule has 1 aliphatic carbocycles. The molecule has 2 aromatic carbocycles. The number of rotatable bonds is 4. The zero-order chi connectivity index (χ0) is 17.1. The number of thiazole rings is 1. The van der Waals surface area contributed by atoms with Gasteiger partial charge in [0, 0.05) is 22.9 Å². The number of nitrogens with one attached hydrogen (secondary N) is 1. The fourth-order valence-corrected chi connectivity index (χ4v) is 4.43. The summed E-state index contributed by atoms with van der Waals surface area (Å²) in [5, 5.41) is 4.15. The highest BCUT2D eigenvalue weighted by Gasteiger charge is 2.27. The van der Waals surface area contributed by atoms with Crippen molar-refractivity contribution in [2.75, 3.05) is 0 Å². The second-order valence-electron chi connectivity index (χ2n) is 6.40. The van der Waals surface area contributed by atoms with E-state index in [2.05, 4.69) is 17.4 Å². The maximum absolute atomic E-state index is 12.5. The van der Waals surface area contributed by atoms with Gasteiger partial charge in [0.2, 0.25) is 5.91 Å². The molecule has 25 heavy (non-hydrogen) atoms. The van der Waals surface area contributed by atoms with E-state index in [1.54, 1.807) is 11.3 Å². The molecule has 0 radical (unpaired) electrons. The molecule has 4 heteroatoms. The van der Waals surface area contributed by atoms with Crippen LogP contribution in [0.15, 0.2) is 60.7 Å². The Morgan fingerprint density at radius 1 is 1.08 bits per heavy atom. The molecule has 0 saturated heterocycles. The predicted octanol–water partition coefficient (Wildman–Crippen LogP) is 4.23. The summed E-state index contributed by atoms with van der Waals surface area (Å²) >= 11 is 1.73. The molecule has 0 aliphatic heterocycles. The van der Waals surface area contributed by atoms with E-state index in [0.717, 1.165) is 35.4 Å². The summed E-state index contributed by atoms with van der Waals surface area (Å²) < 4.78 is 0. The number of carbonyl (C=O) groups is 1. The molecule has 0 fully saturated rings. The number of benzene rings is 2. The molecule has 126 valence electrons. The van der Waals surface area contributed by atoms with E-state index in [4.69, 9.17) is 4.98 Å². The van der Waals surface area contributed by atoms with Crippen LogP contribution >= 0.6 is 11.3 Å². The predicted molar refractivity (Wildman–Crippen MR) is 101 cm³/mol. The second-order valence-corrected chi connectivity index (χ2v) is 7.48. The largest absolute Gasteiger partial charge is 0.352 e. The minimum Gasteiger partial charge on any atom is -0.352 e. The number of aromatic nitrogens is 1. The van der Waals surface area contributed by atoms with Crippen molar-refractivity contribution in [3.63, 3.8) is 0 Å². The van der Waals surface area contributed by atoms with Crippen LogP contribution in [0.5, 0.6) is 0 Å². The van der Waals surface area contributed by atoms with Crippen molar-refractivity contribution >= 4 is 17.2 Å². The van der Waals surface area contributed by atoms with Crippen LogP contribution in [0.4, 0.5) is 0 Å². The van der Waals surface area contributed by atoms with E-state index >= 15 is 0 Å². The van der Waals surface area contributed by atoms with Crippen molar-refractivity contribution in [3.8, 4) is 10.6 Å². The van der Waals surface area contributed by atoms with Crippen LogP contribution < -0.4 is 5.32 Å². The molecule has 1 heterocycles. The number of hydrogen-bond donors (Lipinski definition) is 1. The minimum atomic E-state index is 0.0558. The van der Waals surface area contributed by atoms with E-state index in [1.165, 1.54) is 10.6 Å². The normalized spacial score (nSPS) is 16.2. The van der Waals surface area contributed by atoms with Crippen LogP contribution in [-0.4, -0.2) is 10.9 Å². The van der Waals surface area contributed by atoms with Crippen LogP contribution in [0.25, 0.3) is 10.6 Å². The number of nitrogens with zero attached hydrogens (tertiary/aromatic N) is 1. The highest BCUT2D eigenvalue weighted by atomic mass is 32.1. The summed E-state index contributed by atoms with van der Waals surface area (Å²) in [5.41, 5.74) is 3.47. The molecule has 1 N–H and O–H groups in total. The second kappa shape index (κ2) is 7.19. The van der Waals surface area contributed by atoms with Gasteiger partial charge in [-0.05, 0) is 24.8 Å². The lowest BCUT2D eigenvalue weighted by Gasteiger charge is -2.20. The number of amides is 1. The van der Waals surface area contributed by atoms with Crippen LogP contribution in [0, 0.1) is 5.92 Å². The number of carbonyl (C=O) groups excluding carboxylic acids is 1. The Bertz CT molecular complexity index is 858. The van der Waals surface area contributed by atoms with Gasteiger partial charge in [0.15, 0.2) is 0 Å². The van der Waals surface area contributed by atoms with Crippen molar-refractivity contribution in [1.82, 2.24) is 10.3 Å². The molecule has 1 aromatic heterocycles. The van der Waals surface area contributed by atoms with Crippen LogP contribution in [0.3, 0.4) is 0 Å². The Morgan fingerprint density at radius 2 is 1.80 bits per heavy atom. The van der Waals surface area contributed by atoms with Crippen molar-refractivity contribution in [3.05, 3.63) is 76.8 Å². The SMILES string of the molecule is O=C(NCc1ccccc1)C1CCc2nc(-c3ccccc3)sc2C1. The molecule has 1 unspecified atom stereocenters. The highest BCUT2D eigenvalue weighted by Crippen LogP contribution is 2.34. The molecular formula is C21H20N2OS. The lowest BCUT2D eigenvalue weighted by molar-refractivity contribution is -0.125. The highest BCUT2D eigenvalue weighted by molar-refractivity contribution is 7.15. The molecule has 3 aromatic rings. The van der Waals surface area contributed by atoms with Gasteiger partial charge in [0.05, 0.1) is 5.69 Å². The number of aryl methyl sites for hydroxylation is 1. The third-order valence-electron chi connectivity index (χ3n) is 4.64. The van der Waals surface area contributed by atoms with E-state index in [1.807, 2.05) is 48.5 Å². The van der Waals surface area contributed by atoms with Crippen molar-refractivity contribution in [2.45, 2.75) is 25.8 Å². The smallest absolute Gasteiger partial charge is 0.223 e. The third kappa shape index (κ3) is 3.64. The minimum absolute atomic E-state index is 0.0558. The fourth-order valence-electron chi connectivity index (χ4n) is 3.23. The summed E-state index contributed by atoms with van der Waals surface area (Å²) in [6, 6.07) is 20.3. The first kappa shape index (κ1) is 16.0. The van der Waals surface area contributed by atoms with Gasteiger partial charge in [-0.2, -0.15) is 0 Å². The lowest BCUT2D eigenvalue weighted by atomic mass is 9.90. The van der Waals surface area contributed by atoms with Crippen molar-refractivity contribution < 1.29 is 4.79 Å². The molecular weight excluding hydrogens is 328 g/mol. The van der Waals surface area contributed by atoms with Crippen molar-refractivity contribution in [2.24, 2.45) is 5.92 Å². The van der Waals surface area contributed by atoms with Crippen molar-refractivity contribution in [1.29, 1.82) is 0 Å². The van der Waals surface area contributed by atoms with Gasteiger partial charge >= 0.3 is 0 Å². The zero-order valence-electron chi connectivity index (χ0n) is 13.9. The van der Waals surface area contributed by atoms with E-state index in [0.29, 0.717) is 6.54 Å². The van der Waals surface area contributed by atoms with Gasteiger partial charge in [-0.15, -0.1) is 11.3 Å². The molecule has 4 rings (SSSR count). The Kier molecular flexibility index (Phi) is 4.61. The Labute approximate surface area is 151 Å². The number of fused-ring (bicyclic) bond motifs is 1. The summed E-state index contributed by atoms with van der Waals surface area (Å²) in [5.74, 6) is 0.212. The average molecular weight is 348 g/mol. The first-order valence-corrected chi connectivity index (χ1v) is 9.47. The van der Waals surface area contributed by atoms with Gasteiger partial charge in [-0.25, -0.2) is 4.98 Å². The Morgan fingerprint density at radius 3 is 2.56 bits per heavy atom. The fraction of sp³-hybridized carbons (Fsp3) is 0.238. The van der Waals surface area contributed by atoms with Gasteiger partial charge in [-0.1, -0.05) is 60.7 Å². The third-order valence-corrected chi connectivity index (χ3v) is 5.81. The van der Waals surface area contributed by atoms with E-state index in [-0.39, 0.29) is 11.8 Å². The first-order chi connectivity index (χ1) is 12.3. The molecule has 0 spiro atoms. The van der Waals surface area contributed by atoms with Gasteiger partial charge in [0.25, 0.3) is 0 Å². The quantitative estimate of drug-likeness (QED) is 0.766. The maximum atomic E-state index is 12.5. The Balaban J connectivity index is 1.42. The summed E-state index contributed by atoms with van der Waals surface area (Å²) in [4.78, 5) is 18.6. The van der Waals surface area contributed by atoms with E-state index in [9.17, 15) is 4.79 Å². The average Bonchev–Trinajstić information content (AvgIpc) is 3.11. The molecule has 1 atom stereocenters. The Hall–Kier alpha value is -2.46. The van der Waals surface area contributed by atoms with Gasteiger partial charge < -0.3 is 5.32 Å². The number of hydrogen-bond acceptors (Lipinski definition) is 3. The first-order valence-electron chi connectivity index (χ1n) is 8.65. The molecule has 0 bridgehead atoms. The molecule has 3 nitrogen and oxygen atoms in total. The summed E-state index contributed by atoms with van der Waals surface area (Å²) in [6.45, 7) is 0.598. The van der Waals surface area contributed by atoms with Crippen LogP contribution in [0.1, 0.15) is 22.6 Å². The molecule has 0 saturated carbocycles. The summed E-state index contributed by atoms with van der Waals surface area (Å²) in [6.07, 6.45) is 2.58. The maximum Gasteiger partial charge on any atom is 0.223 e. The van der Waals surface area contributed by atoms with E-state index < -0.39 is 0 Å². The summed E-state index contributed by atoms with van der Waals surface area (Å²) in [7, 11) is 0. The van der Waals surface area contributed by atoms with Crippen LogP contribution in [0.2, 0.25) is 0 Å². The standard InChI is InChI=1S/C21H20N2OS/c24-20(22-14-15-7-3-1-4-8-15)17-11-12-18-19(13-17)25-21(23-18)16-9-5-2-6-10-16/h1-10,17H,11-14H2,(H,22,24). The van der Waals surface area contributed by atoms with Crippen LogP contribution in [-0.2, 0) is 24.2 Å². The van der Waals surface area contributed by atoms with Gasteiger partial charge in [0.1, 0.15) is 5.01 Å². The monoisotopic (exact) mass is 348 g/mol.